The van der Waals surface area contributed by atoms with Crippen molar-refractivity contribution in [2.24, 2.45) is 5.10 Å². The zero-order chi connectivity index (χ0) is 16.7. The normalized spacial score (nSPS) is 16.2. The summed E-state index contributed by atoms with van der Waals surface area (Å²) < 4.78 is 31.8. The Hall–Kier alpha value is -1.64. The molecule has 1 fully saturated rings. The minimum Gasteiger partial charge on any atom is -0.379 e. The van der Waals surface area contributed by atoms with Gasteiger partial charge in [0.05, 0.1) is 18.9 Å². The number of benzene rings is 1. The molecule has 1 heterocycles. The number of hydrogen-bond donors (Lipinski definition) is 2. The van der Waals surface area contributed by atoms with Gasteiger partial charge in [0.1, 0.15) is 11.6 Å². The van der Waals surface area contributed by atoms with Gasteiger partial charge in [-0.05, 0) is 31.3 Å². The van der Waals surface area contributed by atoms with Crippen LogP contribution in [0.2, 0.25) is 0 Å². The van der Waals surface area contributed by atoms with Crippen molar-refractivity contribution in [2.75, 3.05) is 39.4 Å². The van der Waals surface area contributed by atoms with Gasteiger partial charge in [0.15, 0.2) is 5.11 Å². The Bertz CT molecular complexity index is 577. The molecule has 2 N–H and O–H groups in total. The van der Waals surface area contributed by atoms with E-state index in [4.69, 9.17) is 17.0 Å². The van der Waals surface area contributed by atoms with Crippen LogP contribution in [0.5, 0.6) is 0 Å². The van der Waals surface area contributed by atoms with Crippen LogP contribution in [0.4, 0.5) is 8.78 Å². The van der Waals surface area contributed by atoms with Gasteiger partial charge in [-0.15, -0.1) is 0 Å². The Morgan fingerprint density at radius 2 is 2.09 bits per heavy atom. The first-order valence-corrected chi connectivity index (χ1v) is 7.81. The molecule has 1 saturated heterocycles. The Kier molecular flexibility index (Phi) is 6.82. The Morgan fingerprint density at radius 3 is 2.78 bits per heavy atom. The highest BCUT2D eigenvalue weighted by Gasteiger charge is 2.10. The lowest BCUT2D eigenvalue weighted by atomic mass is 10.1. The number of ether oxygens (including phenoxy) is 1. The van der Waals surface area contributed by atoms with E-state index in [0.29, 0.717) is 17.4 Å². The second-order valence-corrected chi connectivity index (χ2v) is 5.55. The van der Waals surface area contributed by atoms with E-state index >= 15 is 0 Å². The molecule has 23 heavy (non-hydrogen) atoms. The van der Waals surface area contributed by atoms with E-state index in [1.54, 1.807) is 6.92 Å². The first kappa shape index (κ1) is 17.7. The first-order chi connectivity index (χ1) is 11.1. The summed E-state index contributed by atoms with van der Waals surface area (Å²) in [5.74, 6) is -1.27. The van der Waals surface area contributed by atoms with Gasteiger partial charge in [0.2, 0.25) is 0 Å². The molecule has 0 spiro atoms. The fourth-order valence-electron chi connectivity index (χ4n) is 2.17. The topological polar surface area (TPSA) is 48.9 Å². The van der Waals surface area contributed by atoms with Crippen molar-refractivity contribution in [2.45, 2.75) is 6.92 Å². The summed E-state index contributed by atoms with van der Waals surface area (Å²) in [6.45, 7) is 6.53. The number of morpholine rings is 1. The predicted octanol–water partition coefficient (Wildman–Crippen LogP) is 1.49. The van der Waals surface area contributed by atoms with E-state index in [0.717, 1.165) is 38.9 Å². The molecular formula is C15H20F2N4OS. The predicted molar refractivity (Wildman–Crippen MR) is 89.6 cm³/mol. The fourth-order valence-corrected chi connectivity index (χ4v) is 2.32. The van der Waals surface area contributed by atoms with Crippen LogP contribution in [-0.2, 0) is 4.74 Å². The van der Waals surface area contributed by atoms with Crippen LogP contribution in [-0.4, -0.2) is 55.1 Å². The zero-order valence-electron chi connectivity index (χ0n) is 12.9. The minimum absolute atomic E-state index is 0.231. The van der Waals surface area contributed by atoms with E-state index in [9.17, 15) is 8.78 Å². The summed E-state index contributed by atoms with van der Waals surface area (Å²) in [6, 6.07) is 3.36. The van der Waals surface area contributed by atoms with Gasteiger partial charge in [0.25, 0.3) is 0 Å². The third-order valence-electron chi connectivity index (χ3n) is 3.46. The number of hydrogen-bond acceptors (Lipinski definition) is 4. The third-order valence-corrected chi connectivity index (χ3v) is 3.70. The maximum absolute atomic E-state index is 13.6. The van der Waals surface area contributed by atoms with E-state index < -0.39 is 11.6 Å². The lowest BCUT2D eigenvalue weighted by Gasteiger charge is -2.26. The average molecular weight is 342 g/mol. The molecule has 0 radical (unpaired) electrons. The van der Waals surface area contributed by atoms with Crippen LogP contribution in [0.25, 0.3) is 0 Å². The molecule has 1 aliphatic heterocycles. The molecule has 0 amide bonds. The van der Waals surface area contributed by atoms with Crippen LogP contribution in [0, 0.1) is 11.6 Å². The number of rotatable bonds is 5. The second kappa shape index (κ2) is 8.85. The highest BCUT2D eigenvalue weighted by molar-refractivity contribution is 7.80. The van der Waals surface area contributed by atoms with Gasteiger partial charge in [0, 0.05) is 37.8 Å². The van der Waals surface area contributed by atoms with Crippen molar-refractivity contribution >= 4 is 23.0 Å². The van der Waals surface area contributed by atoms with Crippen LogP contribution >= 0.6 is 12.2 Å². The van der Waals surface area contributed by atoms with Crippen molar-refractivity contribution in [3.8, 4) is 0 Å². The van der Waals surface area contributed by atoms with Crippen molar-refractivity contribution in [1.82, 2.24) is 15.6 Å². The number of halogens is 2. The summed E-state index contributed by atoms with van der Waals surface area (Å²) in [7, 11) is 0. The largest absolute Gasteiger partial charge is 0.379 e. The molecule has 1 aromatic rings. The average Bonchev–Trinajstić information content (AvgIpc) is 2.53. The molecular weight excluding hydrogens is 322 g/mol. The van der Waals surface area contributed by atoms with Gasteiger partial charge in [-0.3, -0.25) is 10.3 Å². The molecule has 0 saturated carbocycles. The molecule has 0 aromatic heterocycles. The summed E-state index contributed by atoms with van der Waals surface area (Å²) in [4.78, 5) is 2.28. The third kappa shape index (κ3) is 5.81. The summed E-state index contributed by atoms with van der Waals surface area (Å²) in [5.41, 5.74) is 3.29. The smallest absolute Gasteiger partial charge is 0.187 e. The molecule has 1 aromatic carbocycles. The fraction of sp³-hybridized carbons (Fsp3) is 0.467. The van der Waals surface area contributed by atoms with Gasteiger partial charge >= 0.3 is 0 Å². The van der Waals surface area contributed by atoms with Gasteiger partial charge in [-0.1, -0.05) is 0 Å². The van der Waals surface area contributed by atoms with Gasteiger partial charge in [-0.2, -0.15) is 5.10 Å². The molecule has 0 aliphatic carbocycles. The number of thiocarbonyl (C=S) groups is 1. The quantitative estimate of drug-likeness (QED) is 0.482. The van der Waals surface area contributed by atoms with Crippen LogP contribution in [0.15, 0.2) is 23.3 Å². The Balaban J connectivity index is 1.75. The van der Waals surface area contributed by atoms with E-state index in [2.05, 4.69) is 20.7 Å². The highest BCUT2D eigenvalue weighted by Crippen LogP contribution is 2.10. The molecule has 126 valence electrons. The van der Waals surface area contributed by atoms with Crippen molar-refractivity contribution < 1.29 is 13.5 Å². The van der Waals surface area contributed by atoms with E-state index in [1.807, 2.05) is 0 Å². The lowest BCUT2D eigenvalue weighted by molar-refractivity contribution is 0.0389. The monoisotopic (exact) mass is 342 g/mol. The number of hydrazone groups is 1. The van der Waals surface area contributed by atoms with Gasteiger partial charge < -0.3 is 10.1 Å². The lowest BCUT2D eigenvalue weighted by Crippen LogP contribution is -2.42. The van der Waals surface area contributed by atoms with E-state index in [-0.39, 0.29) is 5.56 Å². The first-order valence-electron chi connectivity index (χ1n) is 7.40. The maximum atomic E-state index is 13.6. The summed E-state index contributed by atoms with van der Waals surface area (Å²) in [5, 5.41) is 7.42. The molecule has 0 atom stereocenters. The van der Waals surface area contributed by atoms with E-state index in [1.165, 1.54) is 12.1 Å². The second-order valence-electron chi connectivity index (χ2n) is 5.14. The Morgan fingerprint density at radius 1 is 1.35 bits per heavy atom. The minimum atomic E-state index is -0.653. The van der Waals surface area contributed by atoms with Crippen molar-refractivity contribution in [1.29, 1.82) is 0 Å². The summed E-state index contributed by atoms with van der Waals surface area (Å²) >= 11 is 5.12. The number of nitrogens with one attached hydrogen (secondary N) is 2. The van der Waals surface area contributed by atoms with Crippen LogP contribution in [0.1, 0.15) is 12.5 Å². The van der Waals surface area contributed by atoms with Crippen LogP contribution in [0.3, 0.4) is 0 Å². The maximum Gasteiger partial charge on any atom is 0.187 e. The number of nitrogens with zero attached hydrogens (tertiary/aromatic N) is 2. The summed E-state index contributed by atoms with van der Waals surface area (Å²) in [6.07, 6.45) is 0. The van der Waals surface area contributed by atoms with Gasteiger partial charge in [-0.25, -0.2) is 8.78 Å². The van der Waals surface area contributed by atoms with Crippen LogP contribution < -0.4 is 10.7 Å². The standard InChI is InChI=1S/C15H20F2N4OS/c1-11(13-3-2-12(16)10-14(13)17)19-20-15(23)18-4-5-21-6-8-22-9-7-21/h2-3,10H,4-9H2,1H3,(H2,18,20,23)/b19-11-. The highest BCUT2D eigenvalue weighted by atomic mass is 32.1. The van der Waals surface area contributed by atoms with Crippen molar-refractivity contribution in [3.05, 3.63) is 35.4 Å². The molecule has 5 nitrogen and oxygen atoms in total. The molecule has 2 rings (SSSR count). The molecule has 0 bridgehead atoms. The molecule has 8 heteroatoms. The molecule has 1 aliphatic rings. The molecule has 0 unspecified atom stereocenters. The Labute approximate surface area is 139 Å². The van der Waals surface area contributed by atoms with Crippen molar-refractivity contribution in [3.63, 3.8) is 0 Å². The zero-order valence-corrected chi connectivity index (χ0v) is 13.8. The SMILES string of the molecule is C/C(=N/NC(=S)NCCN1CCOCC1)c1ccc(F)cc1F.